The third-order valence-corrected chi connectivity index (χ3v) is 2.73. The average Bonchev–Trinajstić information content (AvgIpc) is 2.35. The van der Waals surface area contributed by atoms with E-state index in [-0.39, 0.29) is 12.1 Å². The number of hydrogen-bond acceptors (Lipinski definition) is 2. The molecule has 1 rings (SSSR count). The molecular weight excluding hydrogens is 304 g/mol. The molecule has 3 nitrogen and oxygen atoms in total. The predicted molar refractivity (Wildman–Crippen MR) is 61.4 cm³/mol. The van der Waals surface area contributed by atoms with Gasteiger partial charge in [0.1, 0.15) is 0 Å². The lowest BCUT2D eigenvalue weighted by Gasteiger charge is -2.32. The first-order valence-electron chi connectivity index (χ1n) is 5.69. The van der Waals surface area contributed by atoms with E-state index >= 15 is 0 Å². The lowest BCUT2D eigenvalue weighted by molar-refractivity contribution is -0.376. The standard InChI is InChI=1S/C12H11F6NO2/c1-2-9(20)19-8-5-3-7(4-6-8)10(21,11(13,14)15)12(16,17)18/h3-6,21H,2H2,1H3,(H,19,20). The number of anilines is 1. The molecule has 1 aromatic carbocycles. The van der Waals surface area contributed by atoms with Gasteiger partial charge in [-0.1, -0.05) is 19.1 Å². The Balaban J connectivity index is 3.21. The summed E-state index contributed by atoms with van der Waals surface area (Å²) in [4.78, 5) is 11.1. The van der Waals surface area contributed by atoms with Gasteiger partial charge in [-0.2, -0.15) is 26.3 Å². The zero-order valence-electron chi connectivity index (χ0n) is 10.6. The van der Waals surface area contributed by atoms with Crippen LogP contribution in [0.25, 0.3) is 0 Å². The van der Waals surface area contributed by atoms with E-state index < -0.39 is 29.4 Å². The van der Waals surface area contributed by atoms with E-state index in [1.54, 1.807) is 0 Å². The SMILES string of the molecule is CCC(=O)Nc1ccc(C(O)(C(F)(F)F)C(F)(F)F)cc1. The largest absolute Gasteiger partial charge is 0.430 e. The van der Waals surface area contributed by atoms with Gasteiger partial charge in [-0.15, -0.1) is 0 Å². The molecule has 1 aromatic rings. The third kappa shape index (κ3) is 3.29. The molecule has 0 aromatic heterocycles. The Hall–Kier alpha value is -1.77. The van der Waals surface area contributed by atoms with Crippen LogP contribution in [0.3, 0.4) is 0 Å². The fraction of sp³-hybridized carbons (Fsp3) is 0.417. The van der Waals surface area contributed by atoms with Gasteiger partial charge in [0, 0.05) is 17.7 Å². The minimum Gasteiger partial charge on any atom is -0.369 e. The molecule has 1 amide bonds. The predicted octanol–water partition coefficient (Wildman–Crippen LogP) is 3.35. The van der Waals surface area contributed by atoms with Gasteiger partial charge in [0.2, 0.25) is 5.91 Å². The molecule has 0 spiro atoms. The highest BCUT2D eigenvalue weighted by atomic mass is 19.4. The molecule has 0 aliphatic heterocycles. The van der Waals surface area contributed by atoms with E-state index in [1.165, 1.54) is 6.92 Å². The molecule has 0 bridgehead atoms. The quantitative estimate of drug-likeness (QED) is 0.841. The van der Waals surface area contributed by atoms with Gasteiger partial charge in [0.25, 0.3) is 5.60 Å². The molecule has 0 aliphatic carbocycles. The number of carbonyl (C=O) groups excluding carboxylic acids is 1. The minimum atomic E-state index is -5.93. The van der Waals surface area contributed by atoms with Crippen LogP contribution in [0.1, 0.15) is 18.9 Å². The van der Waals surface area contributed by atoms with Gasteiger partial charge >= 0.3 is 12.4 Å². The first-order valence-corrected chi connectivity index (χ1v) is 5.69. The molecule has 0 atom stereocenters. The summed E-state index contributed by atoms with van der Waals surface area (Å²) in [5.74, 6) is -0.454. The molecule has 0 aliphatic rings. The van der Waals surface area contributed by atoms with Crippen LogP contribution in [0.4, 0.5) is 32.0 Å². The number of hydrogen-bond donors (Lipinski definition) is 2. The number of benzene rings is 1. The second kappa shape index (κ2) is 5.55. The van der Waals surface area contributed by atoms with E-state index in [2.05, 4.69) is 5.32 Å². The fourth-order valence-corrected chi connectivity index (χ4v) is 1.53. The number of halogens is 6. The van der Waals surface area contributed by atoms with Gasteiger partial charge in [-0.05, 0) is 12.1 Å². The maximum atomic E-state index is 12.6. The van der Waals surface area contributed by atoms with Crippen LogP contribution in [-0.2, 0) is 10.4 Å². The fourth-order valence-electron chi connectivity index (χ4n) is 1.53. The normalized spacial score (nSPS) is 13.1. The van der Waals surface area contributed by atoms with Gasteiger partial charge in [0.15, 0.2) is 0 Å². The summed E-state index contributed by atoms with van der Waals surface area (Å²) in [6.07, 6.45) is -11.8. The number of nitrogens with one attached hydrogen (secondary N) is 1. The van der Waals surface area contributed by atoms with Crippen molar-refractivity contribution in [2.45, 2.75) is 31.3 Å². The van der Waals surface area contributed by atoms with Gasteiger partial charge in [-0.3, -0.25) is 4.79 Å². The van der Waals surface area contributed by atoms with Crippen molar-refractivity contribution in [2.75, 3.05) is 5.32 Å². The summed E-state index contributed by atoms with van der Waals surface area (Å²) in [7, 11) is 0. The Kier molecular flexibility index (Phi) is 4.57. The lowest BCUT2D eigenvalue weighted by atomic mass is 9.92. The third-order valence-electron chi connectivity index (χ3n) is 2.73. The van der Waals surface area contributed by atoms with Crippen LogP contribution in [-0.4, -0.2) is 23.4 Å². The van der Waals surface area contributed by atoms with Gasteiger partial charge in [0.05, 0.1) is 0 Å². The average molecular weight is 315 g/mol. The molecule has 118 valence electrons. The molecule has 0 unspecified atom stereocenters. The molecule has 9 heteroatoms. The first kappa shape index (κ1) is 17.3. The van der Waals surface area contributed by atoms with Gasteiger partial charge in [-0.25, -0.2) is 0 Å². The highest BCUT2D eigenvalue weighted by Crippen LogP contribution is 2.50. The number of carbonyl (C=O) groups is 1. The summed E-state index contributed by atoms with van der Waals surface area (Å²) in [6.45, 7) is 1.52. The second-order valence-electron chi connectivity index (χ2n) is 4.19. The van der Waals surface area contributed by atoms with Crippen molar-refractivity contribution in [3.8, 4) is 0 Å². The molecule has 21 heavy (non-hydrogen) atoms. The van der Waals surface area contributed by atoms with E-state index in [4.69, 9.17) is 5.11 Å². The summed E-state index contributed by atoms with van der Waals surface area (Å²) in [5, 5.41) is 11.4. The van der Waals surface area contributed by atoms with E-state index in [9.17, 15) is 31.1 Å². The van der Waals surface area contributed by atoms with Gasteiger partial charge < -0.3 is 10.4 Å². The monoisotopic (exact) mass is 315 g/mol. The van der Waals surface area contributed by atoms with Crippen molar-refractivity contribution in [1.82, 2.24) is 0 Å². The van der Waals surface area contributed by atoms with Crippen LogP contribution in [0, 0.1) is 0 Å². The summed E-state index contributed by atoms with van der Waals surface area (Å²) in [6, 6.07) is 2.63. The number of aliphatic hydroxyl groups is 1. The van der Waals surface area contributed by atoms with Crippen molar-refractivity contribution in [2.24, 2.45) is 0 Å². The molecule has 0 fully saturated rings. The highest BCUT2D eigenvalue weighted by molar-refractivity contribution is 5.90. The maximum absolute atomic E-state index is 12.6. The summed E-state index contributed by atoms with van der Waals surface area (Å²) < 4.78 is 75.7. The van der Waals surface area contributed by atoms with Crippen LogP contribution < -0.4 is 5.32 Å². The van der Waals surface area contributed by atoms with Crippen LogP contribution >= 0.6 is 0 Å². The van der Waals surface area contributed by atoms with E-state index in [0.29, 0.717) is 12.1 Å². The van der Waals surface area contributed by atoms with Crippen LogP contribution in [0.5, 0.6) is 0 Å². The first-order chi connectivity index (χ1) is 9.43. The van der Waals surface area contributed by atoms with E-state index in [0.717, 1.165) is 12.1 Å². The van der Waals surface area contributed by atoms with Crippen LogP contribution in [0.15, 0.2) is 24.3 Å². The smallest absolute Gasteiger partial charge is 0.369 e. The Bertz CT molecular complexity index is 492. The van der Waals surface area contributed by atoms with Crippen molar-refractivity contribution in [3.63, 3.8) is 0 Å². The number of alkyl halides is 6. The van der Waals surface area contributed by atoms with Crippen LogP contribution in [0.2, 0.25) is 0 Å². The lowest BCUT2D eigenvalue weighted by Crippen LogP contribution is -2.53. The Labute approximate surface area is 115 Å². The zero-order valence-corrected chi connectivity index (χ0v) is 10.6. The Morgan fingerprint density at radius 2 is 1.48 bits per heavy atom. The zero-order chi connectivity index (χ0) is 16.5. The minimum absolute atomic E-state index is 0.0253. The molecule has 0 saturated carbocycles. The molecule has 0 saturated heterocycles. The van der Waals surface area contributed by atoms with Crippen molar-refractivity contribution in [3.05, 3.63) is 29.8 Å². The molecule has 0 radical (unpaired) electrons. The van der Waals surface area contributed by atoms with Crippen molar-refractivity contribution in [1.29, 1.82) is 0 Å². The Morgan fingerprint density at radius 3 is 1.81 bits per heavy atom. The molecular formula is C12H11F6NO2. The van der Waals surface area contributed by atoms with Crippen molar-refractivity contribution >= 4 is 11.6 Å². The highest BCUT2D eigenvalue weighted by Gasteiger charge is 2.71. The second-order valence-corrected chi connectivity index (χ2v) is 4.19. The maximum Gasteiger partial charge on any atom is 0.430 e. The molecule has 2 N–H and O–H groups in total. The topological polar surface area (TPSA) is 49.3 Å². The Morgan fingerprint density at radius 1 is 1.05 bits per heavy atom. The number of amides is 1. The number of rotatable bonds is 3. The van der Waals surface area contributed by atoms with E-state index in [1.807, 2.05) is 0 Å². The summed E-state index contributed by atoms with van der Waals surface area (Å²) in [5.41, 5.74) is -6.32. The molecule has 0 heterocycles. The van der Waals surface area contributed by atoms with Crippen molar-refractivity contribution < 1.29 is 36.2 Å². The summed E-state index contributed by atoms with van der Waals surface area (Å²) >= 11 is 0.